The Labute approximate surface area is 854 Å². The summed E-state index contributed by atoms with van der Waals surface area (Å²) in [7, 11) is -16.5. The Balaban J connectivity index is 0.000000170. The van der Waals surface area contributed by atoms with Crippen LogP contribution in [-0.4, -0.2) is 200 Å². The molecule has 752 valence electrons. The van der Waals surface area contributed by atoms with Crippen molar-refractivity contribution in [2.75, 3.05) is 74.0 Å². The maximum absolute atomic E-state index is 12.4. The molecule has 0 aliphatic heterocycles. The average Bonchev–Trinajstić information content (AvgIpc) is 1.52. The smallest absolute Gasteiger partial charge is 0.328 e. The molecule has 5 aromatic carbocycles. The molecule has 0 saturated carbocycles. The minimum atomic E-state index is -3.46. The largest absolute Gasteiger partial charge is 0.465 e. The predicted octanol–water partition coefficient (Wildman–Crippen LogP) is 19.0. The molecule has 0 fully saturated rings. The van der Waals surface area contributed by atoms with Crippen LogP contribution in [0, 0.1) is 34.6 Å². The first-order valence-corrected chi connectivity index (χ1v) is 59.9. The number of carbonyl (C=O) groups excluding carboxylic acids is 5. The van der Waals surface area contributed by atoms with Crippen molar-refractivity contribution in [1.82, 2.24) is 48.9 Å². The zero-order chi connectivity index (χ0) is 103. The molecule has 15 rings (SSSR count). The molecule has 0 aliphatic carbocycles. The van der Waals surface area contributed by atoms with Crippen LogP contribution in [0.4, 0.5) is 0 Å². The third-order valence-electron chi connectivity index (χ3n) is 20.8. The zero-order valence-corrected chi connectivity index (χ0v) is 90.3. The van der Waals surface area contributed by atoms with Crippen molar-refractivity contribution in [3.63, 3.8) is 0 Å². The molecule has 43 heteroatoms. The molecule has 0 aliphatic rings. The molecule has 0 amide bonds. The third-order valence-corrected chi connectivity index (χ3v) is 34.8. The van der Waals surface area contributed by atoms with Crippen molar-refractivity contribution in [2.45, 2.75) is 140 Å². The van der Waals surface area contributed by atoms with Crippen molar-refractivity contribution in [3.8, 4) is 105 Å². The Morgan fingerprint density at radius 1 is 0.303 bits per heavy atom. The molecular weight excluding hydrogens is 2050 g/mol. The topological polar surface area (TPSA) is 412 Å². The predicted molar refractivity (Wildman–Crippen MR) is 563 cm³/mol. The fraction of sp³-hybridized carbons (Fsp3) is 0.293. The first kappa shape index (κ1) is 111. The van der Waals surface area contributed by atoms with E-state index in [1.807, 2.05) is 162 Å². The lowest BCUT2D eigenvalue weighted by atomic mass is 10.1. The Kier molecular flexibility index (Phi) is 39.1. The summed E-state index contributed by atoms with van der Waals surface area (Å²) in [5.41, 5.74) is 12.6. The van der Waals surface area contributed by atoms with E-state index in [2.05, 4.69) is 25.5 Å². The molecule has 15 aromatic rings. The number of thiophene rings is 5. The van der Waals surface area contributed by atoms with Gasteiger partial charge in [-0.2, -0.15) is 25.5 Å². The first-order chi connectivity index (χ1) is 67.5. The molecule has 0 atom stereocenters. The molecule has 0 bridgehead atoms. The third kappa shape index (κ3) is 29.8. The number of benzene rings is 5. The van der Waals surface area contributed by atoms with Gasteiger partial charge >= 0.3 is 29.8 Å². The van der Waals surface area contributed by atoms with Gasteiger partial charge in [-0.15, -0.1) is 80.2 Å². The van der Waals surface area contributed by atoms with Gasteiger partial charge in [0.2, 0.25) is 0 Å². The number of rotatable bonds is 36. The van der Waals surface area contributed by atoms with Crippen molar-refractivity contribution in [3.05, 3.63) is 240 Å². The van der Waals surface area contributed by atoms with E-state index in [9.17, 15) is 71.2 Å². The SMILES string of the molecule is CCOC(=O)Cn1nc(C)cc1-c1ccc(-c2ccc(CO)c(S(=O)(=O)CC)c2)s1.CCOC(=O)Cn1nc(C)cc1-c1ccc(-c2cccc(S(=O)(=O)CC)c2)s1.CCOC(=O)Cn1nc(C)cc1-c1ccc(-c2cccc(S(C)(=O)=O)c2)s1.CCS(=O)(=O)c1cccc(-c2ccc(-c3cc(C)nn3CC(=O)OCSC)s2)c1.CSCOC(=O)Cn1nc(C)cc1-c1ccc(-c2cccc(S(C)(=O)=O)c2)s1. The number of aliphatic hydroxyl groups is 1. The lowest BCUT2D eigenvalue weighted by Crippen LogP contribution is -2.15. The first-order valence-electron chi connectivity index (χ1n) is 44.3. The van der Waals surface area contributed by atoms with Gasteiger partial charge in [-0.1, -0.05) is 81.4 Å². The molecule has 0 unspecified atom stereocenters. The Bertz CT molecular complexity index is 7620. The van der Waals surface area contributed by atoms with Gasteiger partial charge in [0.15, 0.2) is 49.2 Å². The highest BCUT2D eigenvalue weighted by Crippen LogP contribution is 2.43. The van der Waals surface area contributed by atoms with E-state index in [0.29, 0.717) is 47.1 Å². The van der Waals surface area contributed by atoms with Crippen LogP contribution in [0.25, 0.3) is 105 Å². The van der Waals surface area contributed by atoms with Crippen LogP contribution in [0.15, 0.2) is 231 Å². The monoisotopic (exact) mass is 2160 g/mol. The van der Waals surface area contributed by atoms with E-state index in [1.54, 1.807) is 156 Å². The molecule has 1 N–H and O–H groups in total. The minimum Gasteiger partial charge on any atom is -0.465 e. The van der Waals surface area contributed by atoms with Gasteiger partial charge in [0.05, 0.1) is 149 Å². The number of hydrogen-bond acceptors (Lipinski definition) is 33. The summed E-state index contributed by atoms with van der Waals surface area (Å²) < 4.78 is 154. The molecule has 142 heavy (non-hydrogen) atoms. The quantitative estimate of drug-likeness (QED) is 0.0216. The standard InChI is InChI=1S/C21H24N2O5S2.C20H22N2O4S3.C20H22N2O4S2.C19H20N2O4S3.C19H20N2O4S2/c1-4-28-21(25)12-23-17(10-14(3)22-23)19-9-8-18(29-19)15-6-7-16(13-24)20(11-15)30(26,27)5-2;1-4-29(24,25)16-7-5-6-15(11-16)18-8-9-19(28-18)17-10-14(2)21-22(17)12-20(23)26-13-27-3;1-4-26-20(23)13-22-17(11-14(3)21-22)19-10-9-18(27-19)15-7-6-8-16(12-15)28(24,25)5-2;1-13-9-16(21(20-13)11-19(22)25-12-26-2)18-8-7-17(27-18)14-5-4-6-15(10-14)28(3,23)24;1-4-25-19(22)12-21-16(10-13(2)20-21)18-9-8-17(26-18)14-6-5-7-15(11-14)27(3,23)24/h6-11,24H,4-5,12-13H2,1-3H3;5-11H,4,12-13H2,1-3H3;6-12H,4-5,13H2,1-3H3;4-10H,11-12H2,1-3H3;5-11H,4,12H2,1-3H3. The maximum atomic E-state index is 12.4. The second-order valence-corrected chi connectivity index (χ2v) is 49.4. The van der Waals surface area contributed by atoms with E-state index in [-0.39, 0.29) is 101 Å². The van der Waals surface area contributed by atoms with Gasteiger partial charge in [0, 0.05) is 36.9 Å². The summed E-state index contributed by atoms with van der Waals surface area (Å²) in [5.74, 6) is -0.966. The molecular formula is C99H108N10O21S12. The van der Waals surface area contributed by atoms with Crippen LogP contribution in [0.1, 0.15) is 75.6 Å². The fourth-order valence-corrected chi connectivity index (χ4v) is 24.1. The van der Waals surface area contributed by atoms with Crippen molar-refractivity contribution in [2.24, 2.45) is 0 Å². The Hall–Kier alpha value is -11.6. The normalized spacial score (nSPS) is 11.5. The van der Waals surface area contributed by atoms with Crippen LogP contribution in [-0.2, 0) is 136 Å². The summed E-state index contributed by atoms with van der Waals surface area (Å²) in [6, 6.07) is 61.8. The molecule has 31 nitrogen and oxygen atoms in total. The minimum absolute atomic E-state index is 0.0222. The molecule has 10 heterocycles. The number of carbonyl (C=O) groups is 5. The number of aryl methyl sites for hydroxylation is 5. The van der Waals surface area contributed by atoms with Crippen molar-refractivity contribution in [1.29, 1.82) is 0 Å². The number of esters is 5. The van der Waals surface area contributed by atoms with E-state index in [0.717, 1.165) is 134 Å². The number of aromatic nitrogens is 10. The fourth-order valence-electron chi connectivity index (χ4n) is 14.1. The van der Waals surface area contributed by atoms with Crippen LogP contribution < -0.4 is 0 Å². The second kappa shape index (κ2) is 50.1. The summed E-state index contributed by atoms with van der Waals surface area (Å²) >= 11 is 10.4. The van der Waals surface area contributed by atoms with Gasteiger partial charge in [-0.25, -0.2) is 42.1 Å². The number of aliphatic hydroxyl groups excluding tert-OH is 1. The Morgan fingerprint density at radius 3 is 0.768 bits per heavy atom. The maximum Gasteiger partial charge on any atom is 0.328 e. The van der Waals surface area contributed by atoms with Gasteiger partial charge in [0.25, 0.3) is 0 Å². The van der Waals surface area contributed by atoms with Crippen LogP contribution in [0.5, 0.6) is 0 Å². The van der Waals surface area contributed by atoms with Crippen LogP contribution in [0.3, 0.4) is 0 Å². The van der Waals surface area contributed by atoms with Gasteiger partial charge < -0.3 is 28.8 Å². The highest BCUT2D eigenvalue weighted by molar-refractivity contribution is 7.98. The number of sulfone groups is 5. The number of ether oxygens (including phenoxy) is 5. The second-order valence-electron chi connectivity index (χ2n) is 31.6. The van der Waals surface area contributed by atoms with Crippen molar-refractivity contribution < 1.29 is 94.9 Å². The lowest BCUT2D eigenvalue weighted by Gasteiger charge is -2.09. The van der Waals surface area contributed by atoms with Gasteiger partial charge in [-0.05, 0) is 247 Å². The van der Waals surface area contributed by atoms with Crippen LogP contribution >= 0.6 is 80.2 Å². The molecule has 0 saturated heterocycles. The summed E-state index contributed by atoms with van der Waals surface area (Å²) in [6.45, 7) is 20.3. The van der Waals surface area contributed by atoms with Gasteiger partial charge in [-0.3, -0.25) is 47.4 Å². The van der Waals surface area contributed by atoms with E-state index >= 15 is 0 Å². The molecule has 10 aromatic heterocycles. The number of nitrogens with zero attached hydrogens (tertiary/aromatic N) is 10. The number of hydrogen-bond donors (Lipinski definition) is 1. The molecule has 0 spiro atoms. The summed E-state index contributed by atoms with van der Waals surface area (Å²) in [6.07, 6.45) is 6.12. The van der Waals surface area contributed by atoms with E-state index < -0.39 is 49.2 Å². The van der Waals surface area contributed by atoms with E-state index in [4.69, 9.17) is 23.7 Å². The average molecular weight is 2160 g/mol. The Morgan fingerprint density at radius 2 is 0.535 bits per heavy atom. The number of thioether (sulfide) groups is 2. The van der Waals surface area contributed by atoms with Gasteiger partial charge in [0.1, 0.15) is 44.6 Å². The zero-order valence-electron chi connectivity index (χ0n) is 80.5. The van der Waals surface area contributed by atoms with Crippen molar-refractivity contribution >= 4 is 159 Å². The summed E-state index contributed by atoms with van der Waals surface area (Å²) in [5, 5.41) is 31.5. The molecule has 0 radical (unpaired) electrons. The van der Waals surface area contributed by atoms with Crippen LogP contribution in [0.2, 0.25) is 0 Å². The van der Waals surface area contributed by atoms with E-state index in [1.165, 1.54) is 92.7 Å². The highest BCUT2D eigenvalue weighted by atomic mass is 32.2. The summed E-state index contributed by atoms with van der Waals surface area (Å²) in [4.78, 5) is 70.3. The lowest BCUT2D eigenvalue weighted by molar-refractivity contribution is -0.144. The highest BCUT2D eigenvalue weighted by Gasteiger charge is 2.26.